The molecule has 1 aliphatic carbocycles. The van der Waals surface area contributed by atoms with Crippen LogP contribution < -0.4 is 16.0 Å². The van der Waals surface area contributed by atoms with E-state index in [1.54, 1.807) is 103 Å². The number of anilines is 2. The van der Waals surface area contributed by atoms with E-state index in [4.69, 9.17) is 0 Å². The molecule has 1 heterocycles. The fourth-order valence-electron chi connectivity index (χ4n) is 6.11. The van der Waals surface area contributed by atoms with Crippen molar-refractivity contribution in [1.82, 2.24) is 10.3 Å². The molecule has 52 heavy (non-hydrogen) atoms. The second kappa shape index (κ2) is 14.8. The maximum absolute atomic E-state index is 13.8. The molecule has 1 atom stereocenters. The maximum Gasteiger partial charge on any atom is 0.272 e. The van der Waals surface area contributed by atoms with Gasteiger partial charge in [0.05, 0.1) is 16.5 Å². The summed E-state index contributed by atoms with van der Waals surface area (Å²) in [5.74, 6) is -1.87. The Balaban J connectivity index is 1.09. The second-order valence-electron chi connectivity index (χ2n) is 12.1. The van der Waals surface area contributed by atoms with Crippen molar-refractivity contribution < 1.29 is 24.0 Å². The van der Waals surface area contributed by atoms with Crippen LogP contribution in [0.4, 0.5) is 11.4 Å². The van der Waals surface area contributed by atoms with Gasteiger partial charge in [0.1, 0.15) is 5.70 Å². The summed E-state index contributed by atoms with van der Waals surface area (Å²) >= 11 is 1.30. The van der Waals surface area contributed by atoms with Crippen LogP contribution in [0.25, 0.3) is 17.0 Å². The standard InChI is InChI=1S/C42H32N4O5S/c1-2-36(42(51)45-34-21-11-19-32-37(34)39(48)31-18-7-6-17-30(31)38(32)47)52-28-15-10-14-27(23-28)44-41(50)35(46-40(49)25-12-4-3-5-13-25)22-26-24-43-33-20-9-8-16-29(26)33/h3-24,36,43H,2H2,1H3,(H,44,50)(H,45,51)(H,46,49)/b35-22+. The van der Waals surface area contributed by atoms with Crippen molar-refractivity contribution in [3.05, 3.63) is 167 Å². The van der Waals surface area contributed by atoms with Crippen molar-refractivity contribution >= 4 is 69.4 Å². The zero-order chi connectivity index (χ0) is 36.2. The van der Waals surface area contributed by atoms with Gasteiger partial charge in [-0.3, -0.25) is 24.0 Å². The number of hydrogen-bond acceptors (Lipinski definition) is 6. The first kappa shape index (κ1) is 34.0. The first-order chi connectivity index (χ1) is 25.3. The molecule has 0 bridgehead atoms. The van der Waals surface area contributed by atoms with E-state index in [2.05, 4.69) is 20.9 Å². The van der Waals surface area contributed by atoms with Gasteiger partial charge in [-0.2, -0.15) is 0 Å². The van der Waals surface area contributed by atoms with E-state index in [1.807, 2.05) is 37.3 Å². The van der Waals surface area contributed by atoms with Gasteiger partial charge in [0.25, 0.3) is 11.8 Å². The number of aromatic amines is 1. The molecule has 1 aliphatic rings. The molecule has 0 saturated heterocycles. The molecule has 5 aromatic carbocycles. The Morgan fingerprint density at radius 1 is 0.750 bits per heavy atom. The largest absolute Gasteiger partial charge is 0.361 e. The third-order valence-electron chi connectivity index (χ3n) is 8.69. The highest BCUT2D eigenvalue weighted by Gasteiger charge is 2.32. The van der Waals surface area contributed by atoms with Crippen LogP contribution in [0.2, 0.25) is 0 Å². The van der Waals surface area contributed by atoms with Gasteiger partial charge in [-0.1, -0.05) is 85.8 Å². The maximum atomic E-state index is 13.8. The number of para-hydroxylation sites is 1. The predicted molar refractivity (Wildman–Crippen MR) is 204 cm³/mol. The molecule has 10 heteroatoms. The van der Waals surface area contributed by atoms with Gasteiger partial charge in [-0.25, -0.2) is 0 Å². The number of rotatable bonds is 10. The predicted octanol–water partition coefficient (Wildman–Crippen LogP) is 7.86. The van der Waals surface area contributed by atoms with Crippen LogP contribution in [-0.2, 0) is 9.59 Å². The van der Waals surface area contributed by atoms with Crippen LogP contribution in [-0.4, -0.2) is 39.5 Å². The molecule has 4 N–H and O–H groups in total. The molecule has 0 aliphatic heterocycles. The molecule has 3 amide bonds. The van der Waals surface area contributed by atoms with Crippen LogP contribution in [0, 0.1) is 0 Å². The molecule has 0 fully saturated rings. The molecule has 0 radical (unpaired) electrons. The van der Waals surface area contributed by atoms with Crippen molar-refractivity contribution in [3.8, 4) is 0 Å². The van der Waals surface area contributed by atoms with Gasteiger partial charge < -0.3 is 20.9 Å². The topological polar surface area (TPSA) is 137 Å². The van der Waals surface area contributed by atoms with Crippen LogP contribution in [0.15, 0.2) is 138 Å². The summed E-state index contributed by atoms with van der Waals surface area (Å²) in [6.45, 7) is 1.88. The molecule has 1 unspecified atom stereocenters. The number of carbonyl (C=O) groups is 5. The van der Waals surface area contributed by atoms with E-state index in [0.717, 1.165) is 16.5 Å². The Morgan fingerprint density at radius 3 is 2.23 bits per heavy atom. The van der Waals surface area contributed by atoms with Gasteiger partial charge in [-0.05, 0) is 55.0 Å². The van der Waals surface area contributed by atoms with Crippen LogP contribution >= 0.6 is 11.8 Å². The summed E-state index contributed by atoms with van der Waals surface area (Å²) in [5.41, 5.74) is 3.89. The first-order valence-corrected chi connectivity index (χ1v) is 17.5. The molecule has 0 spiro atoms. The van der Waals surface area contributed by atoms with Gasteiger partial charge in [0.15, 0.2) is 11.6 Å². The van der Waals surface area contributed by atoms with Crippen molar-refractivity contribution in [2.45, 2.75) is 23.5 Å². The summed E-state index contributed by atoms with van der Waals surface area (Å²) < 4.78 is 0. The lowest BCUT2D eigenvalue weighted by Gasteiger charge is -2.21. The fourth-order valence-corrected chi connectivity index (χ4v) is 7.12. The van der Waals surface area contributed by atoms with Crippen LogP contribution in [0.3, 0.4) is 0 Å². The SMILES string of the molecule is CCC(Sc1cccc(NC(=O)/C(=C\c2c[nH]c3ccccc23)NC(=O)c2ccccc2)c1)C(=O)Nc1cccc2c1C(=O)c1ccccc1C2=O. The quantitative estimate of drug-likeness (QED) is 0.0845. The highest BCUT2D eigenvalue weighted by molar-refractivity contribution is 8.00. The molecule has 6 aromatic rings. The lowest BCUT2D eigenvalue weighted by Crippen LogP contribution is -2.30. The average Bonchev–Trinajstić information content (AvgIpc) is 3.58. The van der Waals surface area contributed by atoms with Crippen molar-refractivity contribution in [2.75, 3.05) is 10.6 Å². The van der Waals surface area contributed by atoms with Crippen molar-refractivity contribution in [2.24, 2.45) is 0 Å². The van der Waals surface area contributed by atoms with E-state index < -0.39 is 17.1 Å². The summed E-state index contributed by atoms with van der Waals surface area (Å²) in [6, 6.07) is 34.9. The molecule has 9 nitrogen and oxygen atoms in total. The number of thioether (sulfide) groups is 1. The Kier molecular flexibility index (Phi) is 9.64. The van der Waals surface area contributed by atoms with Gasteiger partial charge in [-0.15, -0.1) is 11.8 Å². The normalized spacial score (nSPS) is 12.8. The summed E-state index contributed by atoms with van der Waals surface area (Å²) in [7, 11) is 0. The molecular formula is C42H32N4O5S. The van der Waals surface area contributed by atoms with Crippen LogP contribution in [0.1, 0.15) is 61.1 Å². The number of H-pyrrole nitrogens is 1. The van der Waals surface area contributed by atoms with Crippen LogP contribution in [0.5, 0.6) is 0 Å². The first-order valence-electron chi connectivity index (χ1n) is 16.6. The van der Waals surface area contributed by atoms with E-state index >= 15 is 0 Å². The number of nitrogens with one attached hydrogen (secondary N) is 4. The minimum absolute atomic E-state index is 0.0457. The molecule has 256 valence electrons. The molecule has 1 aromatic heterocycles. The lowest BCUT2D eigenvalue weighted by atomic mass is 9.83. The Labute approximate surface area is 303 Å². The number of fused-ring (bicyclic) bond motifs is 3. The average molecular weight is 705 g/mol. The van der Waals surface area contributed by atoms with Gasteiger partial charge in [0, 0.05) is 55.5 Å². The van der Waals surface area contributed by atoms with Gasteiger partial charge >= 0.3 is 0 Å². The summed E-state index contributed by atoms with van der Waals surface area (Å²) in [6.07, 6.45) is 3.86. The molecular weight excluding hydrogens is 673 g/mol. The summed E-state index contributed by atoms with van der Waals surface area (Å²) in [4.78, 5) is 71.1. The zero-order valence-corrected chi connectivity index (χ0v) is 28.8. The monoisotopic (exact) mass is 704 g/mol. The number of amides is 3. The number of benzene rings is 5. The third kappa shape index (κ3) is 6.92. The summed E-state index contributed by atoms with van der Waals surface area (Å²) in [5, 5.41) is 8.90. The molecule has 0 saturated carbocycles. The van der Waals surface area contributed by atoms with Crippen molar-refractivity contribution in [1.29, 1.82) is 0 Å². The Morgan fingerprint density at radius 2 is 1.44 bits per heavy atom. The highest BCUT2D eigenvalue weighted by atomic mass is 32.2. The van der Waals surface area contributed by atoms with E-state index in [1.165, 1.54) is 11.8 Å². The lowest BCUT2D eigenvalue weighted by molar-refractivity contribution is -0.116. The molecule has 7 rings (SSSR count). The second-order valence-corrected chi connectivity index (χ2v) is 13.4. The van der Waals surface area contributed by atoms with E-state index in [0.29, 0.717) is 33.7 Å². The van der Waals surface area contributed by atoms with E-state index in [9.17, 15) is 24.0 Å². The minimum atomic E-state index is -0.564. The zero-order valence-electron chi connectivity index (χ0n) is 27.9. The number of hydrogen-bond donors (Lipinski definition) is 4. The highest BCUT2D eigenvalue weighted by Crippen LogP contribution is 2.34. The fraction of sp³-hybridized carbons (Fsp3) is 0.0714. The number of aromatic nitrogens is 1. The number of carbonyl (C=O) groups excluding carboxylic acids is 5. The smallest absolute Gasteiger partial charge is 0.272 e. The Hall–Kier alpha value is -6.52. The van der Waals surface area contributed by atoms with Crippen molar-refractivity contribution in [3.63, 3.8) is 0 Å². The Bertz CT molecular complexity index is 2420. The minimum Gasteiger partial charge on any atom is -0.361 e. The number of ketones is 2. The third-order valence-corrected chi connectivity index (χ3v) is 10.1. The van der Waals surface area contributed by atoms with Gasteiger partial charge in [0.2, 0.25) is 5.91 Å². The van der Waals surface area contributed by atoms with E-state index in [-0.39, 0.29) is 40.0 Å².